The SMILES string of the molecule is Oc1ccc2c(c1)CCCC2N1CCCC2CCCC21. The average molecular weight is 271 g/mol. The number of phenolic OH excluding ortho intramolecular Hbond substituents is 1. The molecule has 2 heteroatoms. The lowest BCUT2D eigenvalue weighted by Crippen LogP contribution is -2.45. The van der Waals surface area contributed by atoms with Gasteiger partial charge in [-0.3, -0.25) is 4.90 Å². The summed E-state index contributed by atoms with van der Waals surface area (Å²) in [6.07, 6.45) is 10.9. The predicted octanol–water partition coefficient (Wildman–Crippen LogP) is 4.03. The molecule has 3 unspecified atom stereocenters. The summed E-state index contributed by atoms with van der Waals surface area (Å²) in [7, 11) is 0. The van der Waals surface area contributed by atoms with Crippen molar-refractivity contribution in [3.8, 4) is 5.75 Å². The molecule has 0 amide bonds. The van der Waals surface area contributed by atoms with Crippen LogP contribution in [0.25, 0.3) is 0 Å². The van der Waals surface area contributed by atoms with Crippen molar-refractivity contribution in [2.75, 3.05) is 6.54 Å². The van der Waals surface area contributed by atoms with Crippen molar-refractivity contribution in [1.82, 2.24) is 4.90 Å². The summed E-state index contributed by atoms with van der Waals surface area (Å²) >= 11 is 0. The second kappa shape index (κ2) is 5.07. The number of benzene rings is 1. The molecule has 3 aliphatic rings. The van der Waals surface area contributed by atoms with Crippen LogP contribution in [0, 0.1) is 5.92 Å². The van der Waals surface area contributed by atoms with E-state index in [4.69, 9.17) is 0 Å². The third kappa shape index (κ3) is 2.05. The maximum atomic E-state index is 9.72. The molecule has 1 aromatic rings. The van der Waals surface area contributed by atoms with E-state index in [0.29, 0.717) is 11.8 Å². The second-order valence-electron chi connectivity index (χ2n) is 6.93. The molecule has 2 aliphatic carbocycles. The first-order valence-electron chi connectivity index (χ1n) is 8.40. The van der Waals surface area contributed by atoms with Crippen LogP contribution in [-0.2, 0) is 6.42 Å². The molecule has 1 saturated carbocycles. The van der Waals surface area contributed by atoms with Crippen LogP contribution >= 0.6 is 0 Å². The summed E-state index contributed by atoms with van der Waals surface area (Å²) in [5, 5.41) is 9.72. The number of rotatable bonds is 1. The first-order valence-corrected chi connectivity index (χ1v) is 8.40. The number of fused-ring (bicyclic) bond motifs is 2. The number of hydrogen-bond acceptors (Lipinski definition) is 2. The molecule has 0 bridgehead atoms. The summed E-state index contributed by atoms with van der Waals surface area (Å²) in [4.78, 5) is 2.83. The van der Waals surface area contributed by atoms with Gasteiger partial charge >= 0.3 is 0 Å². The Labute approximate surface area is 121 Å². The zero-order chi connectivity index (χ0) is 13.5. The molecule has 1 heterocycles. The summed E-state index contributed by atoms with van der Waals surface area (Å²) in [5.41, 5.74) is 2.89. The van der Waals surface area contributed by atoms with Crippen molar-refractivity contribution in [2.24, 2.45) is 5.92 Å². The van der Waals surface area contributed by atoms with Gasteiger partial charge in [0.1, 0.15) is 5.75 Å². The molecule has 1 saturated heterocycles. The molecule has 3 atom stereocenters. The van der Waals surface area contributed by atoms with Gasteiger partial charge in [0, 0.05) is 12.1 Å². The molecule has 20 heavy (non-hydrogen) atoms. The third-order valence-corrected chi connectivity index (χ3v) is 5.85. The van der Waals surface area contributed by atoms with E-state index < -0.39 is 0 Å². The highest BCUT2D eigenvalue weighted by molar-refractivity contribution is 5.38. The first kappa shape index (κ1) is 12.7. The molecule has 0 aromatic heterocycles. The van der Waals surface area contributed by atoms with Gasteiger partial charge in [0.15, 0.2) is 0 Å². The van der Waals surface area contributed by atoms with E-state index in [-0.39, 0.29) is 0 Å². The highest BCUT2D eigenvalue weighted by Gasteiger charge is 2.39. The molecule has 1 aromatic carbocycles. The van der Waals surface area contributed by atoms with Crippen LogP contribution in [0.3, 0.4) is 0 Å². The van der Waals surface area contributed by atoms with E-state index >= 15 is 0 Å². The van der Waals surface area contributed by atoms with Crippen LogP contribution in [0.2, 0.25) is 0 Å². The highest BCUT2D eigenvalue weighted by Crippen LogP contribution is 2.44. The Morgan fingerprint density at radius 3 is 2.85 bits per heavy atom. The van der Waals surface area contributed by atoms with Gasteiger partial charge in [-0.15, -0.1) is 0 Å². The van der Waals surface area contributed by atoms with Crippen molar-refractivity contribution >= 4 is 0 Å². The van der Waals surface area contributed by atoms with Crippen molar-refractivity contribution in [3.05, 3.63) is 29.3 Å². The number of likely N-dealkylation sites (tertiary alicyclic amines) is 1. The summed E-state index contributed by atoms with van der Waals surface area (Å²) in [5.74, 6) is 1.40. The Bertz CT molecular complexity index is 498. The molecule has 4 rings (SSSR count). The minimum Gasteiger partial charge on any atom is -0.508 e. The Morgan fingerprint density at radius 2 is 1.90 bits per heavy atom. The van der Waals surface area contributed by atoms with E-state index in [1.165, 1.54) is 62.6 Å². The molecular weight excluding hydrogens is 246 g/mol. The number of piperidine rings is 1. The van der Waals surface area contributed by atoms with Crippen LogP contribution in [0.1, 0.15) is 62.1 Å². The van der Waals surface area contributed by atoms with Crippen molar-refractivity contribution in [1.29, 1.82) is 0 Å². The molecule has 2 fully saturated rings. The smallest absolute Gasteiger partial charge is 0.115 e. The third-order valence-electron chi connectivity index (χ3n) is 5.85. The fourth-order valence-electron chi connectivity index (χ4n) is 5.00. The van der Waals surface area contributed by atoms with E-state index in [9.17, 15) is 5.11 Å². The molecular formula is C18H25NO. The summed E-state index contributed by atoms with van der Waals surface area (Å²) in [6.45, 7) is 1.28. The van der Waals surface area contributed by atoms with E-state index in [0.717, 1.165) is 18.4 Å². The maximum Gasteiger partial charge on any atom is 0.115 e. The molecule has 1 aliphatic heterocycles. The molecule has 0 radical (unpaired) electrons. The maximum absolute atomic E-state index is 9.72. The number of aromatic hydroxyl groups is 1. The second-order valence-corrected chi connectivity index (χ2v) is 6.93. The Hall–Kier alpha value is -1.02. The molecule has 1 N–H and O–H groups in total. The normalized spacial score (nSPS) is 33.7. The van der Waals surface area contributed by atoms with Gasteiger partial charge in [-0.2, -0.15) is 0 Å². The van der Waals surface area contributed by atoms with Gasteiger partial charge in [0.25, 0.3) is 0 Å². The van der Waals surface area contributed by atoms with Gasteiger partial charge in [-0.25, -0.2) is 0 Å². The fraction of sp³-hybridized carbons (Fsp3) is 0.667. The lowest BCUT2D eigenvalue weighted by Gasteiger charge is -2.45. The Balaban J connectivity index is 1.66. The minimum absolute atomic E-state index is 0.432. The summed E-state index contributed by atoms with van der Waals surface area (Å²) < 4.78 is 0. The number of hydrogen-bond donors (Lipinski definition) is 1. The Kier molecular flexibility index (Phi) is 3.22. The lowest BCUT2D eigenvalue weighted by molar-refractivity contribution is 0.0586. The van der Waals surface area contributed by atoms with E-state index in [1.807, 2.05) is 12.1 Å². The molecule has 0 spiro atoms. The van der Waals surface area contributed by atoms with Crippen molar-refractivity contribution in [2.45, 2.75) is 63.5 Å². The monoisotopic (exact) mass is 271 g/mol. The van der Waals surface area contributed by atoms with Crippen LogP contribution in [0.5, 0.6) is 5.75 Å². The average Bonchev–Trinajstić information content (AvgIpc) is 2.94. The standard InChI is InChI=1S/C18H25NO/c20-15-9-10-16-14(12-15)5-2-8-18(16)19-11-3-6-13-4-1-7-17(13)19/h9-10,12-13,17-18,20H,1-8,11H2. The van der Waals surface area contributed by atoms with E-state index in [1.54, 1.807) is 0 Å². The van der Waals surface area contributed by atoms with Crippen molar-refractivity contribution < 1.29 is 5.11 Å². The predicted molar refractivity (Wildman–Crippen MR) is 80.9 cm³/mol. The van der Waals surface area contributed by atoms with Gasteiger partial charge in [0.2, 0.25) is 0 Å². The van der Waals surface area contributed by atoms with Gasteiger partial charge in [-0.1, -0.05) is 12.5 Å². The van der Waals surface area contributed by atoms with Crippen LogP contribution in [-0.4, -0.2) is 22.6 Å². The lowest BCUT2D eigenvalue weighted by atomic mass is 9.83. The largest absolute Gasteiger partial charge is 0.508 e. The summed E-state index contributed by atoms with van der Waals surface area (Å²) in [6, 6.07) is 7.52. The molecule has 2 nitrogen and oxygen atoms in total. The van der Waals surface area contributed by atoms with Crippen molar-refractivity contribution in [3.63, 3.8) is 0 Å². The quantitative estimate of drug-likeness (QED) is 0.833. The first-order chi connectivity index (χ1) is 9.83. The van der Waals surface area contributed by atoms with Gasteiger partial charge in [-0.05, 0) is 80.7 Å². The highest BCUT2D eigenvalue weighted by atomic mass is 16.3. The van der Waals surface area contributed by atoms with Crippen LogP contribution in [0.4, 0.5) is 0 Å². The van der Waals surface area contributed by atoms with E-state index in [2.05, 4.69) is 11.0 Å². The zero-order valence-electron chi connectivity index (χ0n) is 12.2. The zero-order valence-corrected chi connectivity index (χ0v) is 12.2. The number of phenols is 1. The van der Waals surface area contributed by atoms with Crippen LogP contribution < -0.4 is 0 Å². The van der Waals surface area contributed by atoms with Gasteiger partial charge in [0.05, 0.1) is 0 Å². The Morgan fingerprint density at radius 1 is 1.00 bits per heavy atom. The minimum atomic E-state index is 0.432. The van der Waals surface area contributed by atoms with Gasteiger partial charge < -0.3 is 5.11 Å². The fourth-order valence-corrected chi connectivity index (χ4v) is 5.00. The number of nitrogens with zero attached hydrogens (tertiary/aromatic N) is 1. The van der Waals surface area contributed by atoms with Crippen LogP contribution in [0.15, 0.2) is 18.2 Å². The number of aryl methyl sites for hydroxylation is 1. The topological polar surface area (TPSA) is 23.5 Å². The molecule has 108 valence electrons.